The van der Waals surface area contributed by atoms with Gasteiger partial charge in [-0.05, 0) is 19.1 Å². The number of esters is 1. The third-order valence-corrected chi connectivity index (χ3v) is 2.85. The van der Waals surface area contributed by atoms with Gasteiger partial charge in [0, 0.05) is 19.6 Å². The largest absolute Gasteiger partial charge is 0.468 e. The van der Waals surface area contributed by atoms with Crippen LogP contribution in [-0.2, 0) is 16.1 Å². The normalized spacial score (nSPS) is 21.4. The fourth-order valence-corrected chi connectivity index (χ4v) is 2.01. The first-order valence-corrected chi connectivity index (χ1v) is 5.95. The number of piperazine rings is 1. The van der Waals surface area contributed by atoms with Gasteiger partial charge in [0.1, 0.15) is 11.8 Å². The lowest BCUT2D eigenvalue weighted by Gasteiger charge is -2.33. The predicted octanol–water partition coefficient (Wildman–Crippen LogP) is 0.617. The second kappa shape index (κ2) is 5.84. The van der Waals surface area contributed by atoms with Gasteiger partial charge in [0.2, 0.25) is 0 Å². The van der Waals surface area contributed by atoms with Crippen molar-refractivity contribution in [3.8, 4) is 0 Å². The highest BCUT2D eigenvalue weighted by Gasteiger charge is 2.30. The van der Waals surface area contributed by atoms with E-state index in [4.69, 9.17) is 9.15 Å². The van der Waals surface area contributed by atoms with Gasteiger partial charge in [-0.3, -0.25) is 9.69 Å². The van der Waals surface area contributed by atoms with Crippen molar-refractivity contribution in [3.63, 3.8) is 0 Å². The van der Waals surface area contributed by atoms with Gasteiger partial charge in [-0.2, -0.15) is 0 Å². The average molecular weight is 238 g/mol. The molecule has 5 heteroatoms. The summed E-state index contributed by atoms with van der Waals surface area (Å²) in [4.78, 5) is 13.9. The van der Waals surface area contributed by atoms with Crippen LogP contribution in [0.15, 0.2) is 22.8 Å². The van der Waals surface area contributed by atoms with Crippen molar-refractivity contribution in [2.24, 2.45) is 0 Å². The molecule has 0 saturated carbocycles. The van der Waals surface area contributed by atoms with Crippen molar-refractivity contribution in [3.05, 3.63) is 24.2 Å². The number of carbonyl (C=O) groups is 1. The number of nitrogens with zero attached hydrogens (tertiary/aromatic N) is 1. The summed E-state index contributed by atoms with van der Waals surface area (Å²) in [5, 5.41) is 3.21. The van der Waals surface area contributed by atoms with Gasteiger partial charge in [0.15, 0.2) is 0 Å². The molecule has 0 radical (unpaired) electrons. The summed E-state index contributed by atoms with van der Waals surface area (Å²) in [6.07, 6.45) is 1.65. The summed E-state index contributed by atoms with van der Waals surface area (Å²) < 4.78 is 10.4. The first kappa shape index (κ1) is 12.1. The van der Waals surface area contributed by atoms with E-state index >= 15 is 0 Å². The van der Waals surface area contributed by atoms with Gasteiger partial charge in [-0.15, -0.1) is 0 Å². The van der Waals surface area contributed by atoms with Crippen LogP contribution in [0.5, 0.6) is 0 Å². The fourth-order valence-electron chi connectivity index (χ4n) is 2.01. The third kappa shape index (κ3) is 3.08. The predicted molar refractivity (Wildman–Crippen MR) is 62.4 cm³/mol. The molecular weight excluding hydrogens is 220 g/mol. The van der Waals surface area contributed by atoms with Crippen LogP contribution in [0, 0.1) is 0 Å². The maximum Gasteiger partial charge on any atom is 0.324 e. The van der Waals surface area contributed by atoms with Crippen LogP contribution >= 0.6 is 0 Å². The zero-order chi connectivity index (χ0) is 12.1. The van der Waals surface area contributed by atoms with Crippen LogP contribution < -0.4 is 5.32 Å². The minimum atomic E-state index is -0.214. The average Bonchev–Trinajstić information content (AvgIpc) is 2.83. The lowest BCUT2D eigenvalue weighted by atomic mass is 10.2. The van der Waals surface area contributed by atoms with Crippen molar-refractivity contribution < 1.29 is 13.9 Å². The molecule has 1 atom stereocenters. The van der Waals surface area contributed by atoms with E-state index in [1.165, 1.54) is 0 Å². The number of nitrogens with one attached hydrogen (secondary N) is 1. The molecule has 1 aromatic rings. The zero-order valence-electron chi connectivity index (χ0n) is 10.0. The Hall–Kier alpha value is -1.33. The number of furan rings is 1. The van der Waals surface area contributed by atoms with Gasteiger partial charge in [-0.25, -0.2) is 0 Å². The molecule has 0 aliphatic carbocycles. The fraction of sp³-hybridized carbons (Fsp3) is 0.583. The molecule has 1 unspecified atom stereocenters. The van der Waals surface area contributed by atoms with Crippen molar-refractivity contribution in [2.45, 2.75) is 19.5 Å². The standard InChI is InChI=1S/C12H18N2O3/c1-2-16-12(15)11-8-13-5-6-14(11)9-10-4-3-7-17-10/h3-4,7,11,13H,2,5-6,8-9H2,1H3. The Morgan fingerprint density at radius 3 is 3.29 bits per heavy atom. The van der Waals surface area contributed by atoms with Crippen LogP contribution in [0.3, 0.4) is 0 Å². The molecule has 17 heavy (non-hydrogen) atoms. The molecule has 0 spiro atoms. The van der Waals surface area contributed by atoms with Gasteiger partial charge in [-0.1, -0.05) is 0 Å². The van der Waals surface area contributed by atoms with Crippen molar-refractivity contribution in [1.29, 1.82) is 0 Å². The molecule has 1 aliphatic heterocycles. The molecule has 0 amide bonds. The Morgan fingerprint density at radius 1 is 1.71 bits per heavy atom. The smallest absolute Gasteiger partial charge is 0.324 e. The number of hydrogen-bond donors (Lipinski definition) is 1. The van der Waals surface area contributed by atoms with Crippen molar-refractivity contribution in [1.82, 2.24) is 10.2 Å². The highest BCUT2D eigenvalue weighted by Crippen LogP contribution is 2.12. The van der Waals surface area contributed by atoms with Crippen LogP contribution in [0.25, 0.3) is 0 Å². The number of rotatable bonds is 4. The van der Waals surface area contributed by atoms with Crippen LogP contribution in [0.4, 0.5) is 0 Å². The number of carbonyl (C=O) groups excluding carboxylic acids is 1. The van der Waals surface area contributed by atoms with Gasteiger partial charge < -0.3 is 14.5 Å². The summed E-state index contributed by atoms with van der Waals surface area (Å²) in [5.41, 5.74) is 0. The Bertz CT molecular complexity index is 351. The highest BCUT2D eigenvalue weighted by molar-refractivity contribution is 5.76. The maximum absolute atomic E-state index is 11.8. The molecule has 0 aromatic carbocycles. The molecular formula is C12H18N2O3. The molecule has 5 nitrogen and oxygen atoms in total. The van der Waals surface area contributed by atoms with E-state index < -0.39 is 0 Å². The van der Waals surface area contributed by atoms with E-state index in [-0.39, 0.29) is 12.0 Å². The first-order valence-electron chi connectivity index (χ1n) is 5.95. The van der Waals surface area contributed by atoms with E-state index in [0.29, 0.717) is 19.7 Å². The molecule has 1 N–H and O–H groups in total. The summed E-state index contributed by atoms with van der Waals surface area (Å²) in [7, 11) is 0. The number of ether oxygens (including phenoxy) is 1. The molecule has 94 valence electrons. The summed E-state index contributed by atoms with van der Waals surface area (Å²) >= 11 is 0. The summed E-state index contributed by atoms with van der Waals surface area (Å²) in [5.74, 6) is 0.715. The Morgan fingerprint density at radius 2 is 2.59 bits per heavy atom. The molecule has 2 heterocycles. The van der Waals surface area contributed by atoms with E-state index in [0.717, 1.165) is 18.8 Å². The van der Waals surface area contributed by atoms with Gasteiger partial charge in [0.25, 0.3) is 0 Å². The zero-order valence-corrected chi connectivity index (χ0v) is 10.0. The Balaban J connectivity index is 1.99. The van der Waals surface area contributed by atoms with Crippen molar-refractivity contribution >= 4 is 5.97 Å². The maximum atomic E-state index is 11.8. The van der Waals surface area contributed by atoms with Gasteiger partial charge in [0.05, 0.1) is 19.4 Å². The molecule has 1 fully saturated rings. The van der Waals surface area contributed by atoms with Crippen molar-refractivity contribution in [2.75, 3.05) is 26.2 Å². The minimum absolute atomic E-state index is 0.161. The van der Waals surface area contributed by atoms with E-state index in [1.807, 2.05) is 19.1 Å². The van der Waals surface area contributed by atoms with Gasteiger partial charge >= 0.3 is 5.97 Å². The second-order valence-corrected chi connectivity index (χ2v) is 4.02. The first-order chi connectivity index (χ1) is 8.31. The summed E-state index contributed by atoms with van der Waals surface area (Å²) in [6.45, 7) is 5.24. The minimum Gasteiger partial charge on any atom is -0.468 e. The van der Waals surface area contributed by atoms with Crippen LogP contribution in [0.1, 0.15) is 12.7 Å². The Labute approximate surface area is 101 Å². The second-order valence-electron chi connectivity index (χ2n) is 4.02. The SMILES string of the molecule is CCOC(=O)C1CNCCN1Cc1ccco1. The molecule has 1 aromatic heterocycles. The quantitative estimate of drug-likeness (QED) is 0.779. The topological polar surface area (TPSA) is 54.7 Å². The monoisotopic (exact) mass is 238 g/mol. The lowest BCUT2D eigenvalue weighted by molar-refractivity contribution is -0.150. The third-order valence-electron chi connectivity index (χ3n) is 2.85. The Kier molecular flexibility index (Phi) is 4.17. The molecule has 2 rings (SSSR count). The molecule has 0 bridgehead atoms. The lowest BCUT2D eigenvalue weighted by Crippen LogP contribution is -2.54. The molecule has 1 saturated heterocycles. The summed E-state index contributed by atoms with van der Waals surface area (Å²) in [6, 6.07) is 3.56. The highest BCUT2D eigenvalue weighted by atomic mass is 16.5. The van der Waals surface area contributed by atoms with Crippen LogP contribution in [-0.4, -0.2) is 43.2 Å². The number of hydrogen-bond acceptors (Lipinski definition) is 5. The molecule has 1 aliphatic rings. The van der Waals surface area contributed by atoms with Crippen LogP contribution in [0.2, 0.25) is 0 Å². The van der Waals surface area contributed by atoms with E-state index in [1.54, 1.807) is 6.26 Å². The van der Waals surface area contributed by atoms with E-state index in [9.17, 15) is 4.79 Å². The van der Waals surface area contributed by atoms with E-state index in [2.05, 4.69) is 10.2 Å².